The largest absolute Gasteiger partial charge is 0.386 e. The summed E-state index contributed by atoms with van der Waals surface area (Å²) in [4.78, 5) is -0.842. The van der Waals surface area contributed by atoms with Gasteiger partial charge < -0.3 is 5.11 Å². The normalized spacial score (nSPS) is 13.6. The molecule has 0 amide bonds. The molecule has 0 aromatic heterocycles. The molecule has 0 saturated carbocycles. The zero-order valence-corrected chi connectivity index (χ0v) is 10.8. The van der Waals surface area contributed by atoms with Gasteiger partial charge >= 0.3 is 0 Å². The van der Waals surface area contributed by atoms with Gasteiger partial charge in [-0.15, -0.1) is 23.2 Å². The summed E-state index contributed by atoms with van der Waals surface area (Å²) in [6, 6.07) is 5.39. The van der Waals surface area contributed by atoms with Gasteiger partial charge in [-0.2, -0.15) is 0 Å². The number of rotatable bonds is 3. The van der Waals surface area contributed by atoms with E-state index >= 15 is 0 Å². The van der Waals surface area contributed by atoms with Crippen molar-refractivity contribution in [3.05, 3.63) is 34.3 Å². The Labute approximate surface area is 105 Å². The lowest BCUT2D eigenvalue weighted by Crippen LogP contribution is -2.06. The molecule has 4 heteroatoms. The Morgan fingerprint density at radius 3 is 2.20 bits per heavy atom. The average Bonchev–Trinajstić information content (AvgIpc) is 2.15. The highest BCUT2D eigenvalue weighted by Crippen LogP contribution is 2.30. The molecule has 84 valence electrons. The van der Waals surface area contributed by atoms with Crippen LogP contribution in [0.1, 0.15) is 37.0 Å². The lowest BCUT2D eigenvalue weighted by Gasteiger charge is -2.14. The average molecular weight is 268 g/mol. The van der Waals surface area contributed by atoms with E-state index < -0.39 is 10.9 Å². The van der Waals surface area contributed by atoms with Crippen LogP contribution in [-0.4, -0.2) is 9.94 Å². The highest BCUT2D eigenvalue weighted by atomic mass is 35.5. The molecule has 0 aliphatic carbocycles. The first-order chi connectivity index (χ1) is 6.93. The van der Waals surface area contributed by atoms with Crippen LogP contribution in [0.3, 0.4) is 0 Å². The highest BCUT2D eigenvalue weighted by Gasteiger charge is 2.17. The van der Waals surface area contributed by atoms with Crippen LogP contribution in [0.25, 0.3) is 0 Å². The molecule has 0 heterocycles. The van der Waals surface area contributed by atoms with E-state index in [4.69, 9.17) is 34.8 Å². The van der Waals surface area contributed by atoms with Crippen LogP contribution in [0.4, 0.5) is 0 Å². The summed E-state index contributed by atoms with van der Waals surface area (Å²) in [7, 11) is 0. The van der Waals surface area contributed by atoms with Gasteiger partial charge in [0.1, 0.15) is 10.9 Å². The van der Waals surface area contributed by atoms with Crippen molar-refractivity contribution in [2.75, 3.05) is 0 Å². The summed E-state index contributed by atoms with van der Waals surface area (Å²) in [5.41, 5.74) is 1.69. The van der Waals surface area contributed by atoms with Gasteiger partial charge in [-0.3, -0.25) is 0 Å². The molecule has 0 radical (unpaired) electrons. The molecule has 1 aromatic rings. The first-order valence-electron chi connectivity index (χ1n) is 4.69. The van der Waals surface area contributed by atoms with E-state index in [0.29, 0.717) is 16.5 Å². The van der Waals surface area contributed by atoms with Gasteiger partial charge in [-0.05, 0) is 23.1 Å². The van der Waals surface area contributed by atoms with Crippen molar-refractivity contribution in [3.8, 4) is 0 Å². The quantitative estimate of drug-likeness (QED) is 0.810. The number of aliphatic hydroxyl groups is 1. The summed E-state index contributed by atoms with van der Waals surface area (Å²) in [5, 5.41) is 10.3. The Morgan fingerprint density at radius 1 is 1.20 bits per heavy atom. The molecule has 1 rings (SSSR count). The summed E-state index contributed by atoms with van der Waals surface area (Å²) >= 11 is 17.3. The minimum atomic E-state index is -0.896. The van der Waals surface area contributed by atoms with Gasteiger partial charge in [-0.1, -0.05) is 37.6 Å². The number of alkyl halides is 2. The van der Waals surface area contributed by atoms with Crippen LogP contribution in [0.2, 0.25) is 5.02 Å². The molecule has 1 N–H and O–H groups in total. The molecule has 0 bridgehead atoms. The Bertz CT molecular complexity index is 337. The van der Waals surface area contributed by atoms with Crippen LogP contribution in [-0.2, 0) is 0 Å². The molecule has 1 atom stereocenters. The Balaban J connectivity index is 3.01. The molecular formula is C11H13Cl3O. The fourth-order valence-corrected chi connectivity index (χ4v) is 2.04. The van der Waals surface area contributed by atoms with Crippen LogP contribution < -0.4 is 0 Å². The van der Waals surface area contributed by atoms with Crippen molar-refractivity contribution < 1.29 is 5.11 Å². The maximum absolute atomic E-state index is 9.63. The number of benzene rings is 1. The third-order valence-corrected chi connectivity index (χ3v) is 3.03. The summed E-state index contributed by atoms with van der Waals surface area (Å²) < 4.78 is 0. The Morgan fingerprint density at radius 2 is 1.80 bits per heavy atom. The fraction of sp³-hybridized carbons (Fsp3) is 0.455. The van der Waals surface area contributed by atoms with Crippen LogP contribution >= 0.6 is 34.8 Å². The molecular weight excluding hydrogens is 254 g/mol. The fourth-order valence-electron chi connectivity index (χ4n) is 1.34. The molecule has 15 heavy (non-hydrogen) atoms. The van der Waals surface area contributed by atoms with E-state index in [2.05, 4.69) is 13.8 Å². The smallest absolute Gasteiger partial charge is 0.137 e. The first-order valence-corrected chi connectivity index (χ1v) is 5.94. The number of hydrogen-bond donors (Lipinski definition) is 1. The SMILES string of the molecule is CC(C)c1ccc(C(O)C(Cl)Cl)cc1Cl. The minimum absolute atomic E-state index is 0.353. The van der Waals surface area contributed by atoms with Crippen molar-refractivity contribution >= 4 is 34.8 Å². The minimum Gasteiger partial charge on any atom is -0.386 e. The third-order valence-electron chi connectivity index (χ3n) is 2.23. The van der Waals surface area contributed by atoms with Gasteiger partial charge in [0.15, 0.2) is 0 Å². The predicted molar refractivity (Wildman–Crippen MR) is 66.0 cm³/mol. The van der Waals surface area contributed by atoms with Crippen LogP contribution in [0.5, 0.6) is 0 Å². The second-order valence-corrected chi connectivity index (χ2v) is 5.29. The second-order valence-electron chi connectivity index (χ2n) is 3.71. The molecule has 1 nitrogen and oxygen atoms in total. The van der Waals surface area contributed by atoms with Crippen molar-refractivity contribution in [3.63, 3.8) is 0 Å². The zero-order chi connectivity index (χ0) is 11.6. The summed E-state index contributed by atoms with van der Waals surface area (Å²) in [6.45, 7) is 4.12. The van der Waals surface area contributed by atoms with Gasteiger partial charge in [0, 0.05) is 5.02 Å². The van der Waals surface area contributed by atoms with E-state index in [9.17, 15) is 5.11 Å². The third kappa shape index (κ3) is 3.25. The number of aliphatic hydroxyl groups excluding tert-OH is 1. The van der Waals surface area contributed by atoms with Crippen LogP contribution in [0, 0.1) is 0 Å². The maximum Gasteiger partial charge on any atom is 0.137 e. The monoisotopic (exact) mass is 266 g/mol. The Hall–Kier alpha value is 0.0500. The molecule has 0 aliphatic heterocycles. The van der Waals surface area contributed by atoms with Gasteiger partial charge in [0.25, 0.3) is 0 Å². The van der Waals surface area contributed by atoms with Crippen molar-refractivity contribution in [1.82, 2.24) is 0 Å². The first kappa shape index (κ1) is 13.1. The van der Waals surface area contributed by atoms with Crippen molar-refractivity contribution in [2.24, 2.45) is 0 Å². The summed E-state index contributed by atoms with van der Waals surface area (Å²) in [5.74, 6) is 0.353. The van der Waals surface area contributed by atoms with Crippen molar-refractivity contribution in [2.45, 2.75) is 30.7 Å². The number of hydrogen-bond acceptors (Lipinski definition) is 1. The molecule has 0 fully saturated rings. The van der Waals surface area contributed by atoms with E-state index in [-0.39, 0.29) is 0 Å². The topological polar surface area (TPSA) is 20.2 Å². The molecule has 0 spiro atoms. The maximum atomic E-state index is 9.63. The van der Waals surface area contributed by atoms with E-state index in [1.807, 2.05) is 6.07 Å². The van der Waals surface area contributed by atoms with E-state index in [0.717, 1.165) is 5.56 Å². The van der Waals surface area contributed by atoms with Crippen molar-refractivity contribution in [1.29, 1.82) is 0 Å². The predicted octanol–water partition coefficient (Wildman–Crippen LogP) is 4.30. The Kier molecular flexibility index (Phi) is 4.72. The second kappa shape index (κ2) is 5.40. The molecule has 0 aliphatic rings. The van der Waals surface area contributed by atoms with E-state index in [1.54, 1.807) is 12.1 Å². The standard InChI is InChI=1S/C11H13Cl3O/c1-6(2)8-4-3-7(5-9(8)12)10(15)11(13)14/h3-6,10-11,15H,1-2H3. The molecule has 1 unspecified atom stereocenters. The zero-order valence-electron chi connectivity index (χ0n) is 8.55. The van der Waals surface area contributed by atoms with Gasteiger partial charge in [0.05, 0.1) is 0 Å². The highest BCUT2D eigenvalue weighted by molar-refractivity contribution is 6.44. The molecule has 0 saturated heterocycles. The van der Waals surface area contributed by atoms with Gasteiger partial charge in [0.2, 0.25) is 0 Å². The summed E-state index contributed by atoms with van der Waals surface area (Å²) in [6.07, 6.45) is -0.896. The lowest BCUT2D eigenvalue weighted by molar-refractivity contribution is 0.193. The lowest BCUT2D eigenvalue weighted by atomic mass is 10.00. The molecule has 1 aromatic carbocycles. The van der Waals surface area contributed by atoms with Crippen LogP contribution in [0.15, 0.2) is 18.2 Å². The van der Waals surface area contributed by atoms with Gasteiger partial charge in [-0.25, -0.2) is 0 Å². The van der Waals surface area contributed by atoms with E-state index in [1.165, 1.54) is 0 Å². The number of halogens is 3.